The molecule has 1 aliphatic heterocycles. The topological polar surface area (TPSA) is 78.5 Å². The van der Waals surface area contributed by atoms with E-state index >= 15 is 0 Å². The number of amides is 3. The number of carbonyl (C=O) groups excluding carboxylic acids is 3. The van der Waals surface area contributed by atoms with Crippen molar-refractivity contribution in [1.82, 2.24) is 15.5 Å². The Labute approximate surface area is 198 Å². The summed E-state index contributed by atoms with van der Waals surface area (Å²) in [6, 6.07) is 11.5. The first-order chi connectivity index (χ1) is 15.8. The van der Waals surface area contributed by atoms with Gasteiger partial charge in [0.1, 0.15) is 11.9 Å². The van der Waals surface area contributed by atoms with E-state index in [-0.39, 0.29) is 29.3 Å². The van der Waals surface area contributed by atoms with Crippen LogP contribution in [0.3, 0.4) is 0 Å². The quantitative estimate of drug-likeness (QED) is 0.637. The molecule has 8 heteroatoms. The Morgan fingerprint density at radius 2 is 1.70 bits per heavy atom. The molecule has 6 nitrogen and oxygen atoms in total. The van der Waals surface area contributed by atoms with Crippen LogP contribution < -0.4 is 10.6 Å². The molecular formula is C25H29ClFN3O3. The van der Waals surface area contributed by atoms with Gasteiger partial charge in [-0.1, -0.05) is 30.7 Å². The van der Waals surface area contributed by atoms with E-state index in [1.54, 1.807) is 35.2 Å². The fourth-order valence-corrected chi connectivity index (χ4v) is 4.03. The lowest BCUT2D eigenvalue weighted by Crippen LogP contribution is -2.55. The number of piperidine rings is 1. The van der Waals surface area contributed by atoms with Crippen molar-refractivity contribution < 1.29 is 18.8 Å². The van der Waals surface area contributed by atoms with Crippen molar-refractivity contribution in [2.24, 2.45) is 5.92 Å². The van der Waals surface area contributed by atoms with E-state index in [4.69, 9.17) is 11.6 Å². The Hall–Kier alpha value is -2.93. The van der Waals surface area contributed by atoms with Crippen LogP contribution in [0, 0.1) is 11.7 Å². The maximum absolute atomic E-state index is 14.1. The van der Waals surface area contributed by atoms with Crippen molar-refractivity contribution in [3.05, 3.63) is 70.5 Å². The van der Waals surface area contributed by atoms with Crippen molar-refractivity contribution in [2.75, 3.05) is 13.1 Å². The summed E-state index contributed by atoms with van der Waals surface area (Å²) in [6.45, 7) is 4.75. The van der Waals surface area contributed by atoms with Crippen LogP contribution in [0.1, 0.15) is 53.8 Å². The molecule has 3 amide bonds. The van der Waals surface area contributed by atoms with Gasteiger partial charge in [-0.3, -0.25) is 14.4 Å². The molecule has 0 spiro atoms. The van der Waals surface area contributed by atoms with Crippen LogP contribution in [0.2, 0.25) is 5.02 Å². The highest BCUT2D eigenvalue weighted by Gasteiger charge is 2.34. The lowest BCUT2D eigenvalue weighted by Gasteiger charge is -2.36. The molecule has 2 atom stereocenters. The molecule has 1 heterocycles. The van der Waals surface area contributed by atoms with Crippen LogP contribution >= 0.6 is 11.6 Å². The van der Waals surface area contributed by atoms with E-state index in [1.165, 1.54) is 18.2 Å². The summed E-state index contributed by atoms with van der Waals surface area (Å²) in [5, 5.41) is 6.23. The maximum Gasteiger partial charge on any atom is 0.254 e. The van der Waals surface area contributed by atoms with Gasteiger partial charge in [0.25, 0.3) is 11.8 Å². The molecule has 0 saturated carbocycles. The normalized spacial score (nSPS) is 16.1. The Bertz CT molecular complexity index is 991. The molecule has 1 fully saturated rings. The summed E-state index contributed by atoms with van der Waals surface area (Å²) in [7, 11) is 0. The molecule has 1 aliphatic rings. The van der Waals surface area contributed by atoms with E-state index < -0.39 is 17.8 Å². The zero-order valence-corrected chi connectivity index (χ0v) is 19.6. The number of hydrogen-bond donors (Lipinski definition) is 2. The third kappa shape index (κ3) is 6.32. The Morgan fingerprint density at radius 1 is 1.06 bits per heavy atom. The SMILES string of the molecule is CCC(C)NC(=O)C(NC(=O)c1ccccc1F)C1CCN(C(=O)c2ccc(Cl)cc2)CC1. The van der Waals surface area contributed by atoms with Gasteiger partial charge in [-0.05, 0) is 68.5 Å². The average molecular weight is 474 g/mol. The van der Waals surface area contributed by atoms with E-state index in [9.17, 15) is 18.8 Å². The standard InChI is InChI=1S/C25H29ClFN3O3/c1-3-16(2)28-24(32)22(29-23(31)20-6-4-5-7-21(20)27)17-12-14-30(15-13-17)25(33)18-8-10-19(26)11-9-18/h4-11,16-17,22H,3,12-15H2,1-2H3,(H,28,32)(H,29,31). The maximum atomic E-state index is 14.1. The van der Waals surface area contributed by atoms with Gasteiger partial charge in [-0.25, -0.2) is 4.39 Å². The number of nitrogens with zero attached hydrogens (tertiary/aromatic N) is 1. The Balaban J connectivity index is 1.71. The van der Waals surface area contributed by atoms with Gasteiger partial charge in [0.15, 0.2) is 0 Å². The minimum Gasteiger partial charge on any atom is -0.352 e. The number of halogens is 2. The third-order valence-corrected chi connectivity index (χ3v) is 6.33. The van der Waals surface area contributed by atoms with Crippen molar-refractivity contribution in [2.45, 2.75) is 45.2 Å². The molecule has 2 N–H and O–H groups in total. The second-order valence-corrected chi connectivity index (χ2v) is 8.82. The number of hydrogen-bond acceptors (Lipinski definition) is 3. The van der Waals surface area contributed by atoms with E-state index in [2.05, 4.69) is 10.6 Å². The lowest BCUT2D eigenvalue weighted by molar-refractivity contribution is -0.125. The molecule has 0 aromatic heterocycles. The van der Waals surface area contributed by atoms with Crippen LogP contribution in [0.4, 0.5) is 4.39 Å². The first-order valence-electron chi connectivity index (χ1n) is 11.2. The lowest BCUT2D eigenvalue weighted by atomic mass is 9.88. The fraction of sp³-hybridized carbons (Fsp3) is 0.400. The second kappa shape index (κ2) is 11.3. The smallest absolute Gasteiger partial charge is 0.254 e. The molecule has 1 saturated heterocycles. The molecule has 0 bridgehead atoms. The molecule has 33 heavy (non-hydrogen) atoms. The first-order valence-corrected chi connectivity index (χ1v) is 11.6. The zero-order valence-electron chi connectivity index (χ0n) is 18.8. The van der Waals surface area contributed by atoms with Crippen LogP contribution in [-0.4, -0.2) is 47.8 Å². The molecule has 2 aromatic carbocycles. The zero-order chi connectivity index (χ0) is 24.0. The Kier molecular flexibility index (Phi) is 8.44. The number of likely N-dealkylation sites (tertiary alicyclic amines) is 1. The highest BCUT2D eigenvalue weighted by atomic mass is 35.5. The Morgan fingerprint density at radius 3 is 2.30 bits per heavy atom. The highest BCUT2D eigenvalue weighted by Crippen LogP contribution is 2.24. The fourth-order valence-electron chi connectivity index (χ4n) is 3.91. The van der Waals surface area contributed by atoms with Gasteiger partial charge in [-0.2, -0.15) is 0 Å². The van der Waals surface area contributed by atoms with Gasteiger partial charge in [-0.15, -0.1) is 0 Å². The number of rotatable bonds is 7. The largest absolute Gasteiger partial charge is 0.352 e. The molecule has 176 valence electrons. The van der Waals surface area contributed by atoms with Crippen LogP contribution in [-0.2, 0) is 4.79 Å². The van der Waals surface area contributed by atoms with Crippen LogP contribution in [0.15, 0.2) is 48.5 Å². The molecule has 0 aliphatic carbocycles. The van der Waals surface area contributed by atoms with Gasteiger partial charge < -0.3 is 15.5 Å². The first kappa shape index (κ1) is 24.7. The van der Waals surface area contributed by atoms with E-state index in [0.717, 1.165) is 6.42 Å². The summed E-state index contributed by atoms with van der Waals surface area (Å²) in [6.07, 6.45) is 1.82. The summed E-state index contributed by atoms with van der Waals surface area (Å²) < 4.78 is 14.1. The van der Waals surface area contributed by atoms with Crippen LogP contribution in [0.5, 0.6) is 0 Å². The minimum atomic E-state index is -0.820. The van der Waals surface area contributed by atoms with Crippen molar-refractivity contribution in [1.29, 1.82) is 0 Å². The number of nitrogens with one attached hydrogen (secondary N) is 2. The predicted octanol–water partition coefficient (Wildman–Crippen LogP) is 4.04. The van der Waals surface area contributed by atoms with Gasteiger partial charge >= 0.3 is 0 Å². The summed E-state index contributed by atoms with van der Waals surface area (Å²) in [5.74, 6) is -1.84. The molecule has 0 radical (unpaired) electrons. The van der Waals surface area contributed by atoms with Gasteiger partial charge in [0.05, 0.1) is 5.56 Å². The van der Waals surface area contributed by atoms with E-state index in [1.807, 2.05) is 13.8 Å². The summed E-state index contributed by atoms with van der Waals surface area (Å²) in [4.78, 5) is 40.3. The molecule has 3 rings (SSSR count). The second-order valence-electron chi connectivity index (χ2n) is 8.39. The van der Waals surface area contributed by atoms with Gasteiger partial charge in [0, 0.05) is 29.7 Å². The summed E-state index contributed by atoms with van der Waals surface area (Å²) in [5.41, 5.74) is 0.450. The average Bonchev–Trinajstić information content (AvgIpc) is 2.82. The van der Waals surface area contributed by atoms with Crippen molar-refractivity contribution in [3.8, 4) is 0 Å². The molecule has 2 unspecified atom stereocenters. The predicted molar refractivity (Wildman–Crippen MR) is 126 cm³/mol. The minimum absolute atomic E-state index is 0.0584. The van der Waals surface area contributed by atoms with Gasteiger partial charge in [0.2, 0.25) is 5.91 Å². The molecule has 2 aromatic rings. The molecular weight excluding hydrogens is 445 g/mol. The monoisotopic (exact) mass is 473 g/mol. The highest BCUT2D eigenvalue weighted by molar-refractivity contribution is 6.30. The van der Waals surface area contributed by atoms with E-state index in [0.29, 0.717) is 36.5 Å². The number of carbonyl (C=O) groups is 3. The summed E-state index contributed by atoms with van der Waals surface area (Å²) >= 11 is 5.91. The van der Waals surface area contributed by atoms with Crippen LogP contribution in [0.25, 0.3) is 0 Å². The van der Waals surface area contributed by atoms with Crippen molar-refractivity contribution >= 4 is 29.3 Å². The number of benzene rings is 2. The van der Waals surface area contributed by atoms with Crippen molar-refractivity contribution in [3.63, 3.8) is 0 Å². The third-order valence-electron chi connectivity index (χ3n) is 6.08.